The molecule has 1 unspecified atom stereocenters. The molecule has 4 nitrogen and oxygen atoms in total. The van der Waals surface area contributed by atoms with Crippen molar-refractivity contribution in [1.82, 2.24) is 0 Å². The van der Waals surface area contributed by atoms with E-state index in [0.717, 1.165) is 22.4 Å². The van der Waals surface area contributed by atoms with Crippen LogP contribution < -0.4 is 9.88 Å². The van der Waals surface area contributed by atoms with E-state index in [-0.39, 0.29) is 0 Å². The molecule has 0 bridgehead atoms. The Bertz CT molecular complexity index is 800. The molecular formula is C20H27NO3S. The van der Waals surface area contributed by atoms with E-state index in [0.29, 0.717) is 25.4 Å². The zero-order valence-corrected chi connectivity index (χ0v) is 15.9. The van der Waals surface area contributed by atoms with Crippen molar-refractivity contribution in [2.45, 2.75) is 38.9 Å². The van der Waals surface area contributed by atoms with Gasteiger partial charge in [0.25, 0.3) is 0 Å². The van der Waals surface area contributed by atoms with Crippen LogP contribution in [0.2, 0.25) is 0 Å². The van der Waals surface area contributed by atoms with E-state index < -0.39 is 15.3 Å². The summed E-state index contributed by atoms with van der Waals surface area (Å²) < 4.78 is 29.3. The molecule has 0 aliphatic heterocycles. The summed E-state index contributed by atoms with van der Waals surface area (Å²) in [5.41, 5.74) is 2.98. The van der Waals surface area contributed by atoms with Crippen molar-refractivity contribution in [1.29, 1.82) is 0 Å². The van der Waals surface area contributed by atoms with Gasteiger partial charge in [-0.3, -0.25) is 0 Å². The molecule has 5 heteroatoms. The predicted octanol–water partition coefficient (Wildman–Crippen LogP) is 4.00. The number of primary sulfonamides is 1. The number of sulfonamides is 1. The normalized spacial score (nSPS) is 13.0. The van der Waals surface area contributed by atoms with E-state index in [1.807, 2.05) is 55.5 Å². The Hall–Kier alpha value is -1.85. The first-order valence-electron chi connectivity index (χ1n) is 8.64. The van der Waals surface area contributed by atoms with Gasteiger partial charge in [0.1, 0.15) is 5.75 Å². The number of hydrogen-bond donors (Lipinski definition) is 1. The maximum absolute atomic E-state index is 11.7. The topological polar surface area (TPSA) is 69.4 Å². The highest BCUT2D eigenvalue weighted by Gasteiger charge is 2.20. The Balaban J connectivity index is 2.30. The standard InChI is InChI=1S/C20H27NO3S/c1-4-18(25(21,22)23)13-16-8-7-9-17(12-16)19-10-5-6-11-20(19)24-14-15(2)3/h5-12,15,18H,4,13-14H2,1-3H3,(H2,21,22,23). The molecule has 0 aliphatic rings. The van der Waals surface area contributed by atoms with Gasteiger partial charge in [-0.1, -0.05) is 63.2 Å². The van der Waals surface area contributed by atoms with Gasteiger partial charge in [0, 0.05) is 5.56 Å². The summed E-state index contributed by atoms with van der Waals surface area (Å²) in [7, 11) is -3.54. The number of nitrogens with two attached hydrogens (primary N) is 1. The van der Waals surface area contributed by atoms with Crippen LogP contribution in [0.5, 0.6) is 5.75 Å². The first-order chi connectivity index (χ1) is 11.8. The Morgan fingerprint density at radius 2 is 1.80 bits per heavy atom. The summed E-state index contributed by atoms with van der Waals surface area (Å²) in [5, 5.41) is 4.77. The first-order valence-corrected chi connectivity index (χ1v) is 10.2. The van der Waals surface area contributed by atoms with Crippen LogP contribution in [0.3, 0.4) is 0 Å². The Morgan fingerprint density at radius 1 is 1.08 bits per heavy atom. The highest BCUT2D eigenvalue weighted by molar-refractivity contribution is 7.89. The van der Waals surface area contributed by atoms with Crippen LogP contribution in [0.15, 0.2) is 48.5 Å². The molecule has 0 saturated carbocycles. The smallest absolute Gasteiger partial charge is 0.212 e. The SMILES string of the molecule is CCC(Cc1cccc(-c2ccccc2OCC(C)C)c1)S(N)(=O)=O. The van der Waals surface area contributed by atoms with Crippen LogP contribution in [0.1, 0.15) is 32.8 Å². The average Bonchev–Trinajstić information content (AvgIpc) is 2.57. The number of benzene rings is 2. The van der Waals surface area contributed by atoms with E-state index >= 15 is 0 Å². The summed E-state index contributed by atoms with van der Waals surface area (Å²) in [5.74, 6) is 1.28. The Labute approximate surface area is 151 Å². The quantitative estimate of drug-likeness (QED) is 0.772. The van der Waals surface area contributed by atoms with Crippen molar-refractivity contribution >= 4 is 10.0 Å². The molecule has 0 spiro atoms. The van der Waals surface area contributed by atoms with E-state index in [2.05, 4.69) is 13.8 Å². The molecule has 0 radical (unpaired) electrons. The summed E-state index contributed by atoms with van der Waals surface area (Å²) in [6.45, 7) is 6.72. The highest BCUT2D eigenvalue weighted by Crippen LogP contribution is 2.31. The zero-order valence-electron chi connectivity index (χ0n) is 15.1. The van der Waals surface area contributed by atoms with Crippen LogP contribution in [0.25, 0.3) is 11.1 Å². The second-order valence-electron chi connectivity index (χ2n) is 6.72. The summed E-state index contributed by atoms with van der Waals surface area (Å²) in [4.78, 5) is 0. The van der Waals surface area contributed by atoms with Crippen molar-refractivity contribution in [3.05, 3.63) is 54.1 Å². The van der Waals surface area contributed by atoms with Crippen molar-refractivity contribution in [2.24, 2.45) is 11.1 Å². The van der Waals surface area contributed by atoms with Gasteiger partial charge in [0.15, 0.2) is 0 Å². The molecule has 0 amide bonds. The maximum Gasteiger partial charge on any atom is 0.212 e. The average molecular weight is 362 g/mol. The van der Waals surface area contributed by atoms with Gasteiger partial charge in [0.2, 0.25) is 10.0 Å². The van der Waals surface area contributed by atoms with Crippen molar-refractivity contribution < 1.29 is 13.2 Å². The van der Waals surface area contributed by atoms with Gasteiger partial charge in [-0.05, 0) is 36.0 Å². The predicted molar refractivity (Wildman–Crippen MR) is 103 cm³/mol. The molecule has 2 rings (SSSR count). The zero-order chi connectivity index (χ0) is 18.4. The first kappa shape index (κ1) is 19.5. The van der Waals surface area contributed by atoms with Gasteiger partial charge in [-0.2, -0.15) is 0 Å². The molecule has 0 aromatic heterocycles. The van der Waals surface area contributed by atoms with E-state index in [1.54, 1.807) is 0 Å². The van der Waals surface area contributed by atoms with Gasteiger partial charge in [-0.25, -0.2) is 13.6 Å². The summed E-state index contributed by atoms with van der Waals surface area (Å²) in [6.07, 6.45) is 0.912. The number of ether oxygens (including phenoxy) is 1. The molecule has 2 aromatic rings. The third-order valence-electron chi connectivity index (χ3n) is 4.08. The lowest BCUT2D eigenvalue weighted by Crippen LogP contribution is -2.29. The third-order valence-corrected chi connectivity index (χ3v) is 5.51. The van der Waals surface area contributed by atoms with Crippen molar-refractivity contribution in [3.63, 3.8) is 0 Å². The molecule has 1 atom stereocenters. The molecular weight excluding hydrogens is 334 g/mol. The fourth-order valence-corrected chi connectivity index (χ4v) is 3.60. The molecule has 25 heavy (non-hydrogen) atoms. The van der Waals surface area contributed by atoms with E-state index in [1.165, 1.54) is 0 Å². The monoisotopic (exact) mass is 361 g/mol. The Kier molecular flexibility index (Phi) is 6.62. The van der Waals surface area contributed by atoms with E-state index in [4.69, 9.17) is 9.88 Å². The van der Waals surface area contributed by atoms with Crippen molar-refractivity contribution in [2.75, 3.05) is 6.61 Å². The molecule has 0 heterocycles. The minimum atomic E-state index is -3.54. The number of rotatable bonds is 8. The minimum absolute atomic E-state index is 0.415. The van der Waals surface area contributed by atoms with Gasteiger partial charge < -0.3 is 4.74 Å². The summed E-state index contributed by atoms with van der Waals surface area (Å²) in [6, 6.07) is 15.8. The lowest BCUT2D eigenvalue weighted by atomic mass is 9.99. The second-order valence-corrected chi connectivity index (χ2v) is 8.57. The molecule has 2 aromatic carbocycles. The van der Waals surface area contributed by atoms with Crippen LogP contribution >= 0.6 is 0 Å². The fraction of sp³-hybridized carbons (Fsp3) is 0.400. The fourth-order valence-electron chi connectivity index (χ4n) is 2.71. The molecule has 0 aliphatic carbocycles. The number of para-hydroxylation sites is 1. The summed E-state index contributed by atoms with van der Waals surface area (Å²) >= 11 is 0. The number of hydrogen-bond acceptors (Lipinski definition) is 3. The lowest BCUT2D eigenvalue weighted by molar-refractivity contribution is 0.272. The van der Waals surface area contributed by atoms with Gasteiger partial charge in [0.05, 0.1) is 11.9 Å². The molecule has 2 N–H and O–H groups in total. The second kappa shape index (κ2) is 8.50. The van der Waals surface area contributed by atoms with Gasteiger partial charge >= 0.3 is 0 Å². The molecule has 0 fully saturated rings. The van der Waals surface area contributed by atoms with Gasteiger partial charge in [-0.15, -0.1) is 0 Å². The van der Waals surface area contributed by atoms with Crippen LogP contribution in [-0.4, -0.2) is 20.3 Å². The largest absolute Gasteiger partial charge is 0.493 e. The van der Waals surface area contributed by atoms with E-state index in [9.17, 15) is 8.42 Å². The molecule has 0 saturated heterocycles. The van der Waals surface area contributed by atoms with Crippen molar-refractivity contribution in [3.8, 4) is 16.9 Å². The van der Waals surface area contributed by atoms with Crippen LogP contribution in [-0.2, 0) is 16.4 Å². The van der Waals surface area contributed by atoms with Crippen LogP contribution in [0, 0.1) is 5.92 Å². The Morgan fingerprint density at radius 3 is 2.44 bits per heavy atom. The third kappa shape index (κ3) is 5.58. The lowest BCUT2D eigenvalue weighted by Gasteiger charge is -2.15. The van der Waals surface area contributed by atoms with Crippen LogP contribution in [0.4, 0.5) is 0 Å². The molecule has 136 valence electrons. The maximum atomic E-state index is 11.7. The highest BCUT2D eigenvalue weighted by atomic mass is 32.2. The minimum Gasteiger partial charge on any atom is -0.493 e.